The molecule has 2 aromatic rings. The number of benzene rings is 2. The molecule has 0 spiro atoms. The second-order valence-corrected chi connectivity index (χ2v) is 8.05. The van der Waals surface area contributed by atoms with Gasteiger partial charge >= 0.3 is 5.97 Å². The molecular formula is C23H29ClN2O4. The molecule has 0 amide bonds. The van der Waals surface area contributed by atoms with Crippen LogP contribution in [0.2, 0.25) is 5.02 Å². The third-order valence-electron chi connectivity index (χ3n) is 5.52. The Balaban J connectivity index is 1.95. The van der Waals surface area contributed by atoms with E-state index in [1.807, 2.05) is 36.4 Å². The molecule has 1 heterocycles. The molecule has 30 heavy (non-hydrogen) atoms. The minimum Gasteiger partial charge on any atom is -0.481 e. The topological polar surface area (TPSA) is 71.0 Å². The van der Waals surface area contributed by atoms with Crippen LogP contribution in [0.3, 0.4) is 0 Å². The number of rotatable bonds is 9. The van der Waals surface area contributed by atoms with Crippen LogP contribution in [0.1, 0.15) is 30.7 Å². The fraction of sp³-hybridized carbons (Fsp3) is 0.435. The number of nitrogens with one attached hydrogen (secondary N) is 1. The zero-order valence-corrected chi connectivity index (χ0v) is 18.2. The molecular weight excluding hydrogens is 404 g/mol. The first-order chi connectivity index (χ1) is 14.5. The highest BCUT2D eigenvalue weighted by molar-refractivity contribution is 6.30. The lowest BCUT2D eigenvalue weighted by molar-refractivity contribution is -0.137. The Morgan fingerprint density at radius 1 is 1.27 bits per heavy atom. The average Bonchev–Trinajstić information content (AvgIpc) is 2.75. The minimum absolute atomic E-state index is 0.0172. The van der Waals surface area contributed by atoms with Gasteiger partial charge in [-0.1, -0.05) is 17.7 Å². The van der Waals surface area contributed by atoms with Gasteiger partial charge in [-0.25, -0.2) is 0 Å². The molecule has 7 heteroatoms. The van der Waals surface area contributed by atoms with Gasteiger partial charge in [-0.3, -0.25) is 4.79 Å². The minimum atomic E-state index is -0.840. The lowest BCUT2D eigenvalue weighted by Crippen LogP contribution is -2.37. The van der Waals surface area contributed by atoms with Gasteiger partial charge in [0, 0.05) is 50.0 Å². The smallest absolute Gasteiger partial charge is 0.304 e. The summed E-state index contributed by atoms with van der Waals surface area (Å²) in [6.07, 6.45) is 1.97. The predicted molar refractivity (Wildman–Crippen MR) is 120 cm³/mol. The summed E-state index contributed by atoms with van der Waals surface area (Å²) >= 11 is 6.03. The van der Waals surface area contributed by atoms with Gasteiger partial charge in [-0.05, 0) is 54.8 Å². The third-order valence-corrected chi connectivity index (χ3v) is 5.77. The number of halogens is 1. The van der Waals surface area contributed by atoms with Crippen LogP contribution in [-0.2, 0) is 14.3 Å². The van der Waals surface area contributed by atoms with Crippen molar-refractivity contribution in [2.24, 2.45) is 0 Å². The van der Waals surface area contributed by atoms with E-state index in [0.717, 1.165) is 48.7 Å². The van der Waals surface area contributed by atoms with Crippen LogP contribution in [0.25, 0.3) is 0 Å². The van der Waals surface area contributed by atoms with Crippen molar-refractivity contribution in [1.82, 2.24) is 0 Å². The zero-order valence-electron chi connectivity index (χ0n) is 17.4. The number of methoxy groups -OCH3 is 1. The summed E-state index contributed by atoms with van der Waals surface area (Å²) in [6, 6.07) is 14.0. The van der Waals surface area contributed by atoms with E-state index in [9.17, 15) is 9.90 Å². The molecule has 0 aliphatic carbocycles. The first kappa shape index (κ1) is 22.4. The second-order valence-electron chi connectivity index (χ2n) is 7.61. The van der Waals surface area contributed by atoms with E-state index in [1.165, 1.54) is 0 Å². The summed E-state index contributed by atoms with van der Waals surface area (Å²) in [6.45, 7) is 1.88. The van der Waals surface area contributed by atoms with Crippen LogP contribution < -0.4 is 10.2 Å². The van der Waals surface area contributed by atoms with E-state index in [1.54, 1.807) is 7.11 Å². The maximum atomic E-state index is 11.3. The van der Waals surface area contributed by atoms with Crippen molar-refractivity contribution in [3.8, 4) is 0 Å². The number of aliphatic carboxylic acids is 1. The molecule has 6 nitrogen and oxygen atoms in total. The van der Waals surface area contributed by atoms with Gasteiger partial charge in [0.1, 0.15) is 0 Å². The van der Waals surface area contributed by atoms with Crippen molar-refractivity contribution in [3.63, 3.8) is 0 Å². The maximum absolute atomic E-state index is 11.3. The summed E-state index contributed by atoms with van der Waals surface area (Å²) in [7, 11) is 3.69. The second kappa shape index (κ2) is 10.7. The molecule has 1 unspecified atom stereocenters. The van der Waals surface area contributed by atoms with Crippen molar-refractivity contribution < 1.29 is 19.4 Å². The summed E-state index contributed by atoms with van der Waals surface area (Å²) in [4.78, 5) is 13.6. The van der Waals surface area contributed by atoms with Crippen molar-refractivity contribution in [2.45, 2.75) is 31.2 Å². The molecule has 2 N–H and O–H groups in total. The largest absolute Gasteiger partial charge is 0.481 e. The molecule has 1 saturated heterocycles. The molecule has 3 rings (SSSR count). The Morgan fingerprint density at radius 3 is 2.60 bits per heavy atom. The number of carboxylic acid groups (broad SMARTS) is 1. The zero-order chi connectivity index (χ0) is 21.5. The van der Waals surface area contributed by atoms with Crippen LogP contribution in [0.5, 0.6) is 0 Å². The normalized spacial score (nSPS) is 15.6. The molecule has 162 valence electrons. The van der Waals surface area contributed by atoms with Crippen molar-refractivity contribution >= 4 is 34.6 Å². The number of hydrogen-bond donors (Lipinski definition) is 2. The van der Waals surface area contributed by atoms with Gasteiger partial charge in [-0.15, -0.1) is 0 Å². The van der Waals surface area contributed by atoms with E-state index < -0.39 is 5.97 Å². The first-order valence-corrected chi connectivity index (χ1v) is 10.5. The Labute approximate surface area is 182 Å². The highest BCUT2D eigenvalue weighted by atomic mass is 35.5. The van der Waals surface area contributed by atoms with E-state index >= 15 is 0 Å². The molecule has 0 saturated carbocycles. The lowest BCUT2D eigenvalue weighted by atomic mass is 9.95. The average molecular weight is 433 g/mol. The predicted octanol–water partition coefficient (Wildman–Crippen LogP) is 4.90. The number of carbonyl (C=O) groups is 1. The van der Waals surface area contributed by atoms with Gasteiger partial charge in [0.25, 0.3) is 0 Å². The molecule has 0 aromatic heterocycles. The first-order valence-electron chi connectivity index (χ1n) is 10.2. The van der Waals surface area contributed by atoms with Crippen LogP contribution in [0.15, 0.2) is 42.5 Å². The Morgan fingerprint density at radius 2 is 1.97 bits per heavy atom. The van der Waals surface area contributed by atoms with Crippen molar-refractivity contribution in [1.29, 1.82) is 0 Å². The Bertz CT molecular complexity index is 838. The molecule has 2 aromatic carbocycles. The fourth-order valence-corrected chi connectivity index (χ4v) is 3.98. The Hall–Kier alpha value is -2.28. The van der Waals surface area contributed by atoms with Crippen LogP contribution in [0.4, 0.5) is 17.1 Å². The van der Waals surface area contributed by atoms with E-state index in [4.69, 9.17) is 21.1 Å². The number of carboxylic acids is 1. The van der Waals surface area contributed by atoms with Crippen molar-refractivity contribution in [3.05, 3.63) is 53.1 Å². The van der Waals surface area contributed by atoms with Crippen LogP contribution in [0, 0.1) is 0 Å². The van der Waals surface area contributed by atoms with E-state index in [2.05, 4.69) is 23.3 Å². The fourth-order valence-electron chi connectivity index (χ4n) is 3.86. The SMILES string of the molecule is COCC(CC(=O)O)c1ccc(N(C)C2CCOCC2)c(Nc2ccc(Cl)cc2)c1. The number of nitrogens with zero attached hydrogens (tertiary/aromatic N) is 1. The standard InChI is InChI=1S/C23H29ClN2O4/c1-26(20-9-11-30-12-10-20)22-8-3-16(17(15-29-2)14-23(27)28)13-21(22)25-19-6-4-18(24)5-7-19/h3-8,13,17,20,25H,9-12,14-15H2,1-2H3,(H,27,28). The summed E-state index contributed by atoms with van der Waals surface area (Å²) < 4.78 is 10.8. The number of hydrogen-bond acceptors (Lipinski definition) is 5. The third kappa shape index (κ3) is 5.88. The van der Waals surface area contributed by atoms with Gasteiger partial charge in [0.05, 0.1) is 24.4 Å². The number of anilines is 3. The summed E-state index contributed by atoms with van der Waals surface area (Å²) in [5, 5.41) is 13.5. The number of ether oxygens (including phenoxy) is 2. The van der Waals surface area contributed by atoms with Crippen LogP contribution >= 0.6 is 11.6 Å². The molecule has 1 aliphatic heterocycles. The monoisotopic (exact) mass is 432 g/mol. The Kier molecular flexibility index (Phi) is 7.96. The van der Waals surface area contributed by atoms with Gasteiger partial charge < -0.3 is 24.8 Å². The molecule has 0 radical (unpaired) electrons. The summed E-state index contributed by atoms with van der Waals surface area (Å²) in [5.41, 5.74) is 3.84. The maximum Gasteiger partial charge on any atom is 0.304 e. The molecule has 0 bridgehead atoms. The van der Waals surface area contributed by atoms with Crippen molar-refractivity contribution in [2.75, 3.05) is 44.2 Å². The summed E-state index contributed by atoms with van der Waals surface area (Å²) in [5.74, 6) is -1.06. The lowest BCUT2D eigenvalue weighted by Gasteiger charge is -2.34. The van der Waals surface area contributed by atoms with Gasteiger partial charge in [-0.2, -0.15) is 0 Å². The van der Waals surface area contributed by atoms with Gasteiger partial charge in [0.2, 0.25) is 0 Å². The molecule has 1 atom stereocenters. The van der Waals surface area contributed by atoms with E-state index in [-0.39, 0.29) is 12.3 Å². The quantitative estimate of drug-likeness (QED) is 0.587. The van der Waals surface area contributed by atoms with E-state index in [0.29, 0.717) is 17.7 Å². The van der Waals surface area contributed by atoms with Crippen LogP contribution in [-0.4, -0.2) is 51.1 Å². The van der Waals surface area contributed by atoms with Gasteiger partial charge in [0.15, 0.2) is 0 Å². The highest BCUT2D eigenvalue weighted by Gasteiger charge is 2.23. The molecule has 1 aliphatic rings. The highest BCUT2D eigenvalue weighted by Crippen LogP contribution is 2.35. The molecule has 1 fully saturated rings.